The number of benzene rings is 1. The lowest BCUT2D eigenvalue weighted by atomic mass is 10.0. The SMILES string of the molecule is CC1CCN(S(=O)(=O)c2ccc(Sc3nnnn3CC3CCCO3)c([N+](=O)[O-])c2)CC1. The zero-order valence-corrected chi connectivity index (χ0v) is 18.7. The number of ether oxygens (including phenoxy) is 1. The molecule has 1 aromatic carbocycles. The van der Waals surface area contributed by atoms with Crippen molar-refractivity contribution in [3.05, 3.63) is 28.3 Å². The fourth-order valence-corrected chi connectivity index (χ4v) is 6.08. The number of hydrogen-bond donors (Lipinski definition) is 0. The topological polar surface area (TPSA) is 133 Å². The van der Waals surface area contributed by atoms with Gasteiger partial charge in [-0.1, -0.05) is 6.92 Å². The van der Waals surface area contributed by atoms with Crippen LogP contribution in [0.25, 0.3) is 0 Å². The van der Waals surface area contributed by atoms with Gasteiger partial charge in [0.2, 0.25) is 15.2 Å². The molecule has 2 saturated heterocycles. The van der Waals surface area contributed by atoms with Crippen molar-refractivity contribution in [3.8, 4) is 0 Å². The van der Waals surface area contributed by atoms with Crippen LogP contribution in [-0.4, -0.2) is 63.7 Å². The Hall–Kier alpha value is -2.09. The van der Waals surface area contributed by atoms with Gasteiger partial charge in [-0.05, 0) is 65.9 Å². The number of tetrazole rings is 1. The monoisotopic (exact) mass is 468 g/mol. The van der Waals surface area contributed by atoms with Crippen molar-refractivity contribution < 1.29 is 18.1 Å². The van der Waals surface area contributed by atoms with Crippen molar-refractivity contribution in [2.75, 3.05) is 19.7 Å². The van der Waals surface area contributed by atoms with Crippen LogP contribution >= 0.6 is 11.8 Å². The van der Waals surface area contributed by atoms with Gasteiger partial charge in [-0.15, -0.1) is 5.10 Å². The smallest absolute Gasteiger partial charge is 0.284 e. The van der Waals surface area contributed by atoms with E-state index in [1.165, 1.54) is 16.4 Å². The first kappa shape index (κ1) is 22.1. The van der Waals surface area contributed by atoms with Crippen molar-refractivity contribution in [2.45, 2.75) is 60.2 Å². The average molecular weight is 469 g/mol. The minimum Gasteiger partial charge on any atom is -0.376 e. The van der Waals surface area contributed by atoms with Crippen LogP contribution in [0.4, 0.5) is 5.69 Å². The molecule has 11 nitrogen and oxygen atoms in total. The Kier molecular flexibility index (Phi) is 6.55. The molecule has 0 radical (unpaired) electrons. The lowest BCUT2D eigenvalue weighted by Gasteiger charge is -2.29. The molecule has 168 valence electrons. The third kappa shape index (κ3) is 4.89. The molecule has 0 saturated carbocycles. The van der Waals surface area contributed by atoms with E-state index in [9.17, 15) is 18.5 Å². The molecule has 1 aromatic heterocycles. The Balaban J connectivity index is 1.57. The summed E-state index contributed by atoms with van der Waals surface area (Å²) in [7, 11) is -3.79. The number of rotatable bonds is 7. The molecule has 31 heavy (non-hydrogen) atoms. The molecule has 2 aliphatic rings. The highest BCUT2D eigenvalue weighted by molar-refractivity contribution is 7.99. The average Bonchev–Trinajstić information content (AvgIpc) is 3.41. The van der Waals surface area contributed by atoms with Gasteiger partial charge < -0.3 is 4.74 Å². The second-order valence-corrected chi connectivity index (χ2v) is 10.8. The number of piperidine rings is 1. The van der Waals surface area contributed by atoms with Gasteiger partial charge in [-0.25, -0.2) is 13.1 Å². The molecule has 0 aliphatic carbocycles. The molecule has 0 bridgehead atoms. The molecular formula is C18H24N6O5S2. The van der Waals surface area contributed by atoms with Crippen LogP contribution in [-0.2, 0) is 21.3 Å². The first-order valence-corrected chi connectivity index (χ1v) is 12.4. The van der Waals surface area contributed by atoms with Crippen molar-refractivity contribution in [2.24, 2.45) is 5.92 Å². The number of sulfonamides is 1. The molecule has 1 unspecified atom stereocenters. The van der Waals surface area contributed by atoms with Crippen LogP contribution in [0.1, 0.15) is 32.6 Å². The van der Waals surface area contributed by atoms with Crippen molar-refractivity contribution in [1.82, 2.24) is 24.5 Å². The predicted molar refractivity (Wildman–Crippen MR) is 111 cm³/mol. The Morgan fingerprint density at radius 2 is 2.06 bits per heavy atom. The largest absolute Gasteiger partial charge is 0.376 e. The van der Waals surface area contributed by atoms with E-state index in [2.05, 4.69) is 22.4 Å². The molecule has 0 amide bonds. The third-order valence-corrected chi connectivity index (χ3v) is 8.54. The number of aromatic nitrogens is 4. The Bertz CT molecular complexity index is 1050. The van der Waals surface area contributed by atoms with E-state index in [-0.39, 0.29) is 21.6 Å². The molecule has 0 spiro atoms. The standard InChI is InChI=1S/C18H24N6O5S2/c1-13-6-8-22(9-7-13)31(27,28)15-4-5-17(16(11-15)24(25)26)30-18-19-20-21-23(18)12-14-3-2-10-29-14/h4-5,11,13-14H,2-3,6-10,12H2,1H3. The molecule has 2 aromatic rings. The summed E-state index contributed by atoms with van der Waals surface area (Å²) < 4.78 is 34.6. The number of nitro benzene ring substituents is 1. The van der Waals surface area contributed by atoms with Crippen LogP contribution in [0.3, 0.4) is 0 Å². The first-order chi connectivity index (χ1) is 14.8. The summed E-state index contributed by atoms with van der Waals surface area (Å²) in [5.74, 6) is 0.472. The summed E-state index contributed by atoms with van der Waals surface area (Å²) in [6.45, 7) is 4.10. The summed E-state index contributed by atoms with van der Waals surface area (Å²) in [5, 5.41) is 23.7. The molecule has 2 fully saturated rings. The fourth-order valence-electron chi connectivity index (χ4n) is 3.72. The minimum atomic E-state index is -3.79. The maximum Gasteiger partial charge on any atom is 0.284 e. The van der Waals surface area contributed by atoms with Gasteiger partial charge in [-0.2, -0.15) is 4.31 Å². The molecular weight excluding hydrogens is 444 g/mol. The number of nitro groups is 1. The van der Waals surface area contributed by atoms with E-state index in [0.717, 1.165) is 43.5 Å². The molecule has 13 heteroatoms. The fraction of sp³-hybridized carbons (Fsp3) is 0.611. The molecule has 1 atom stereocenters. The Labute approximate surface area is 184 Å². The minimum absolute atomic E-state index is 0.0117. The van der Waals surface area contributed by atoms with Gasteiger partial charge in [0.1, 0.15) is 0 Å². The lowest BCUT2D eigenvalue weighted by molar-refractivity contribution is -0.388. The van der Waals surface area contributed by atoms with E-state index in [1.807, 2.05) is 0 Å². The van der Waals surface area contributed by atoms with Crippen LogP contribution in [0.2, 0.25) is 0 Å². The Morgan fingerprint density at radius 3 is 2.74 bits per heavy atom. The molecule has 0 N–H and O–H groups in total. The van der Waals surface area contributed by atoms with Gasteiger partial charge in [0.15, 0.2) is 0 Å². The van der Waals surface area contributed by atoms with E-state index in [1.54, 1.807) is 4.68 Å². The van der Waals surface area contributed by atoms with Gasteiger partial charge in [0, 0.05) is 25.8 Å². The highest BCUT2D eigenvalue weighted by atomic mass is 32.2. The van der Waals surface area contributed by atoms with Gasteiger partial charge >= 0.3 is 0 Å². The molecule has 3 heterocycles. The molecule has 2 aliphatic heterocycles. The molecule has 4 rings (SSSR count). The summed E-state index contributed by atoms with van der Waals surface area (Å²) in [6, 6.07) is 3.99. The maximum atomic E-state index is 13.0. The van der Waals surface area contributed by atoms with Gasteiger partial charge in [-0.3, -0.25) is 10.1 Å². The summed E-state index contributed by atoms with van der Waals surface area (Å²) in [4.78, 5) is 11.3. The quantitative estimate of drug-likeness (QED) is 0.443. The van der Waals surface area contributed by atoms with Crippen LogP contribution in [0.5, 0.6) is 0 Å². The van der Waals surface area contributed by atoms with Crippen LogP contribution in [0, 0.1) is 16.0 Å². The summed E-state index contributed by atoms with van der Waals surface area (Å²) >= 11 is 1.04. The lowest BCUT2D eigenvalue weighted by Crippen LogP contribution is -2.37. The van der Waals surface area contributed by atoms with Gasteiger partial charge in [0.25, 0.3) is 5.69 Å². The van der Waals surface area contributed by atoms with Crippen molar-refractivity contribution in [3.63, 3.8) is 0 Å². The second kappa shape index (κ2) is 9.18. The summed E-state index contributed by atoms with van der Waals surface area (Å²) in [6.07, 6.45) is 3.46. The van der Waals surface area contributed by atoms with Crippen molar-refractivity contribution in [1.29, 1.82) is 0 Å². The van der Waals surface area contributed by atoms with E-state index in [0.29, 0.717) is 37.3 Å². The maximum absolute atomic E-state index is 13.0. The highest BCUT2D eigenvalue weighted by Gasteiger charge is 2.30. The van der Waals surface area contributed by atoms with Crippen LogP contribution < -0.4 is 0 Å². The van der Waals surface area contributed by atoms with E-state index < -0.39 is 14.9 Å². The second-order valence-electron chi connectivity index (χ2n) is 7.85. The predicted octanol–water partition coefficient (Wildman–Crippen LogP) is 2.33. The first-order valence-electron chi connectivity index (χ1n) is 10.2. The van der Waals surface area contributed by atoms with Crippen LogP contribution in [0.15, 0.2) is 33.1 Å². The highest BCUT2D eigenvalue weighted by Crippen LogP contribution is 2.36. The summed E-state index contributed by atoms with van der Waals surface area (Å²) in [5.41, 5.74) is -0.289. The van der Waals surface area contributed by atoms with Crippen molar-refractivity contribution >= 4 is 27.5 Å². The zero-order valence-electron chi connectivity index (χ0n) is 17.1. The van der Waals surface area contributed by atoms with E-state index in [4.69, 9.17) is 4.74 Å². The van der Waals surface area contributed by atoms with Gasteiger partial charge in [0.05, 0.1) is 27.4 Å². The Morgan fingerprint density at radius 1 is 1.29 bits per heavy atom. The third-order valence-electron chi connectivity index (χ3n) is 5.61. The number of nitrogens with zero attached hydrogens (tertiary/aromatic N) is 6. The van der Waals surface area contributed by atoms with E-state index >= 15 is 0 Å². The zero-order chi connectivity index (χ0) is 22.0. The number of hydrogen-bond acceptors (Lipinski definition) is 9. The normalized spacial score (nSPS) is 20.9.